The van der Waals surface area contributed by atoms with E-state index in [1.807, 2.05) is 91.0 Å². The third kappa shape index (κ3) is 5.69. The maximum atomic E-state index is 12.5. The largest absolute Gasteiger partial charge is 0.479 e. The number of carboxylic acids is 1. The average Bonchev–Trinajstić information content (AvgIpc) is 2.74. The van der Waals surface area contributed by atoms with Crippen LogP contribution in [0.1, 0.15) is 16.7 Å². The fraction of sp³-hybridized carbons (Fsp3) is 0.167. The Morgan fingerprint density at radius 3 is 1.55 bits per heavy atom. The fourth-order valence-electron chi connectivity index (χ4n) is 3.20. The first-order valence-corrected chi connectivity index (χ1v) is 9.37. The molecule has 5 nitrogen and oxygen atoms in total. The third-order valence-electron chi connectivity index (χ3n) is 4.66. The first-order chi connectivity index (χ1) is 14.1. The molecule has 0 unspecified atom stereocenters. The van der Waals surface area contributed by atoms with Crippen LogP contribution < -0.4 is 5.32 Å². The molecule has 0 aliphatic heterocycles. The summed E-state index contributed by atoms with van der Waals surface area (Å²) in [5.41, 5.74) is 0.925. The molecule has 3 aromatic rings. The minimum absolute atomic E-state index is 0.0685. The van der Waals surface area contributed by atoms with E-state index in [1.165, 1.54) is 0 Å². The molecule has 5 heteroatoms. The fourth-order valence-corrected chi connectivity index (χ4v) is 3.20. The molecule has 0 atom stereocenters. The number of ether oxygens (including phenoxy) is 1. The Kier molecular flexibility index (Phi) is 6.63. The zero-order valence-corrected chi connectivity index (χ0v) is 16.0. The second-order valence-corrected chi connectivity index (χ2v) is 6.90. The van der Waals surface area contributed by atoms with Gasteiger partial charge in [0.05, 0.1) is 0 Å². The van der Waals surface area contributed by atoms with Gasteiger partial charge in [-0.15, -0.1) is 0 Å². The van der Waals surface area contributed by atoms with Gasteiger partial charge in [-0.25, -0.2) is 9.59 Å². The van der Waals surface area contributed by atoms with Gasteiger partial charge in [0.1, 0.15) is 12.1 Å². The van der Waals surface area contributed by atoms with E-state index in [1.54, 1.807) is 0 Å². The molecule has 3 rings (SSSR count). The predicted molar refractivity (Wildman–Crippen MR) is 110 cm³/mol. The van der Waals surface area contributed by atoms with E-state index >= 15 is 0 Å². The topological polar surface area (TPSA) is 75.6 Å². The van der Waals surface area contributed by atoms with Crippen LogP contribution in [0.25, 0.3) is 0 Å². The summed E-state index contributed by atoms with van der Waals surface area (Å²) in [6, 6.07) is 27.8. The number of nitrogens with one attached hydrogen (secondary N) is 1. The number of hydrogen-bond acceptors (Lipinski definition) is 3. The summed E-state index contributed by atoms with van der Waals surface area (Å²) in [5, 5.41) is 12.7. The van der Waals surface area contributed by atoms with Crippen molar-refractivity contribution in [2.75, 3.05) is 0 Å². The number of rotatable bonds is 8. The lowest BCUT2D eigenvalue weighted by molar-refractivity contribution is -0.144. The molecule has 0 aromatic heterocycles. The molecule has 0 spiro atoms. The Morgan fingerprint density at radius 2 is 1.14 bits per heavy atom. The molecular weight excluding hydrogens is 366 g/mol. The van der Waals surface area contributed by atoms with Crippen LogP contribution in [0, 0.1) is 0 Å². The monoisotopic (exact) mass is 389 g/mol. The van der Waals surface area contributed by atoms with Crippen LogP contribution >= 0.6 is 0 Å². The van der Waals surface area contributed by atoms with Gasteiger partial charge in [-0.2, -0.15) is 0 Å². The molecule has 0 radical (unpaired) electrons. The molecule has 148 valence electrons. The van der Waals surface area contributed by atoms with E-state index < -0.39 is 17.6 Å². The van der Waals surface area contributed by atoms with Crippen molar-refractivity contribution in [1.82, 2.24) is 5.32 Å². The van der Waals surface area contributed by atoms with Gasteiger partial charge in [-0.05, 0) is 16.7 Å². The average molecular weight is 389 g/mol. The lowest BCUT2D eigenvalue weighted by Gasteiger charge is -2.30. The van der Waals surface area contributed by atoms with Crippen molar-refractivity contribution in [1.29, 1.82) is 0 Å². The molecule has 0 fully saturated rings. The van der Waals surface area contributed by atoms with Crippen LogP contribution in [0.5, 0.6) is 0 Å². The van der Waals surface area contributed by atoms with Crippen molar-refractivity contribution in [2.45, 2.75) is 25.0 Å². The lowest BCUT2D eigenvalue weighted by atomic mass is 9.84. The molecule has 1 amide bonds. The summed E-state index contributed by atoms with van der Waals surface area (Å²) in [4.78, 5) is 24.9. The second kappa shape index (κ2) is 9.55. The quantitative estimate of drug-likeness (QED) is 0.605. The van der Waals surface area contributed by atoms with Crippen molar-refractivity contribution in [3.63, 3.8) is 0 Å². The molecule has 0 saturated carbocycles. The highest BCUT2D eigenvalue weighted by Gasteiger charge is 2.41. The summed E-state index contributed by atoms with van der Waals surface area (Å²) in [7, 11) is 0. The SMILES string of the molecule is O=C(NC(Cc1ccccc1)(Cc1ccccc1)C(=O)O)OCc1ccccc1. The summed E-state index contributed by atoms with van der Waals surface area (Å²) in [6.45, 7) is 0.0685. The van der Waals surface area contributed by atoms with E-state index in [4.69, 9.17) is 4.74 Å². The highest BCUT2D eigenvalue weighted by atomic mass is 16.5. The minimum Gasteiger partial charge on any atom is -0.479 e. The Hall–Kier alpha value is -3.60. The molecule has 0 saturated heterocycles. The van der Waals surface area contributed by atoms with Gasteiger partial charge in [0.25, 0.3) is 0 Å². The standard InChI is InChI=1S/C24H23NO4/c26-22(27)24(16-19-10-4-1-5-11-19,17-20-12-6-2-7-13-20)25-23(28)29-18-21-14-8-3-9-15-21/h1-15H,16-18H2,(H,25,28)(H,26,27). The molecule has 0 bridgehead atoms. The van der Waals surface area contributed by atoms with Gasteiger partial charge < -0.3 is 15.2 Å². The number of alkyl carbamates (subject to hydrolysis) is 1. The Morgan fingerprint density at radius 1 is 0.724 bits per heavy atom. The van der Waals surface area contributed by atoms with Crippen molar-refractivity contribution in [3.8, 4) is 0 Å². The van der Waals surface area contributed by atoms with E-state index in [9.17, 15) is 14.7 Å². The molecule has 2 N–H and O–H groups in total. The van der Waals surface area contributed by atoms with E-state index in [0.717, 1.165) is 16.7 Å². The van der Waals surface area contributed by atoms with Crippen LogP contribution in [0.4, 0.5) is 4.79 Å². The number of carboxylic acid groups (broad SMARTS) is 1. The number of amides is 1. The smallest absolute Gasteiger partial charge is 0.408 e. The number of benzene rings is 3. The van der Waals surface area contributed by atoms with Crippen LogP contribution in [-0.4, -0.2) is 22.7 Å². The van der Waals surface area contributed by atoms with Crippen molar-refractivity contribution < 1.29 is 19.4 Å². The number of carbonyl (C=O) groups is 2. The Balaban J connectivity index is 1.81. The van der Waals surface area contributed by atoms with Crippen LogP contribution in [-0.2, 0) is 29.0 Å². The molecule has 29 heavy (non-hydrogen) atoms. The highest BCUT2D eigenvalue weighted by molar-refractivity contribution is 5.85. The molecule has 0 aliphatic carbocycles. The lowest BCUT2D eigenvalue weighted by Crippen LogP contribution is -2.57. The maximum absolute atomic E-state index is 12.5. The second-order valence-electron chi connectivity index (χ2n) is 6.90. The third-order valence-corrected chi connectivity index (χ3v) is 4.66. The Bertz CT molecular complexity index is 885. The molecule has 0 heterocycles. The summed E-state index contributed by atoms with van der Waals surface area (Å²) >= 11 is 0. The summed E-state index contributed by atoms with van der Waals surface area (Å²) < 4.78 is 5.30. The minimum atomic E-state index is -1.53. The van der Waals surface area contributed by atoms with Gasteiger partial charge in [0.15, 0.2) is 0 Å². The van der Waals surface area contributed by atoms with Gasteiger partial charge in [0, 0.05) is 12.8 Å². The normalized spacial score (nSPS) is 10.9. The van der Waals surface area contributed by atoms with E-state index in [-0.39, 0.29) is 19.4 Å². The van der Waals surface area contributed by atoms with Crippen molar-refractivity contribution >= 4 is 12.1 Å². The first-order valence-electron chi connectivity index (χ1n) is 9.37. The molecular formula is C24H23NO4. The number of aliphatic carboxylic acids is 1. The van der Waals surface area contributed by atoms with Crippen LogP contribution in [0.3, 0.4) is 0 Å². The van der Waals surface area contributed by atoms with Crippen LogP contribution in [0.2, 0.25) is 0 Å². The molecule has 3 aromatic carbocycles. The Labute approximate surface area is 170 Å². The van der Waals surface area contributed by atoms with Crippen molar-refractivity contribution in [3.05, 3.63) is 108 Å². The van der Waals surface area contributed by atoms with E-state index in [0.29, 0.717) is 0 Å². The van der Waals surface area contributed by atoms with Gasteiger partial charge in [-0.3, -0.25) is 0 Å². The van der Waals surface area contributed by atoms with Crippen LogP contribution in [0.15, 0.2) is 91.0 Å². The summed E-state index contributed by atoms with van der Waals surface area (Å²) in [5.74, 6) is -1.11. The number of carbonyl (C=O) groups excluding carboxylic acids is 1. The van der Waals surface area contributed by atoms with Crippen molar-refractivity contribution in [2.24, 2.45) is 0 Å². The number of hydrogen-bond donors (Lipinski definition) is 2. The van der Waals surface area contributed by atoms with Gasteiger partial charge >= 0.3 is 12.1 Å². The maximum Gasteiger partial charge on any atom is 0.408 e. The van der Waals surface area contributed by atoms with Gasteiger partial charge in [-0.1, -0.05) is 91.0 Å². The highest BCUT2D eigenvalue weighted by Crippen LogP contribution is 2.21. The zero-order valence-electron chi connectivity index (χ0n) is 16.0. The summed E-state index contributed by atoms with van der Waals surface area (Å²) in [6.07, 6.45) is -0.486. The van der Waals surface area contributed by atoms with Gasteiger partial charge in [0.2, 0.25) is 0 Å². The predicted octanol–water partition coefficient (Wildman–Crippen LogP) is 4.22. The first kappa shape index (κ1) is 20.1. The van der Waals surface area contributed by atoms with E-state index in [2.05, 4.69) is 5.32 Å². The molecule has 0 aliphatic rings. The zero-order chi connectivity index (χ0) is 20.5.